The molecule has 3 nitrogen and oxygen atoms in total. The van der Waals surface area contributed by atoms with Crippen molar-refractivity contribution in [1.29, 1.82) is 0 Å². The minimum Gasteiger partial charge on any atom is -0.274 e. The summed E-state index contributed by atoms with van der Waals surface area (Å²) in [6.45, 7) is 9.75. The van der Waals surface area contributed by atoms with Gasteiger partial charge in [-0.1, -0.05) is 31.4 Å². The molecular formula is C19H21F2N3. The van der Waals surface area contributed by atoms with Gasteiger partial charge in [-0.2, -0.15) is 0 Å². The van der Waals surface area contributed by atoms with E-state index in [1.165, 1.54) is 18.2 Å². The highest BCUT2D eigenvalue weighted by molar-refractivity contribution is 5.73. The summed E-state index contributed by atoms with van der Waals surface area (Å²) in [5.41, 5.74) is 3.19. The highest BCUT2D eigenvalue weighted by Gasteiger charge is 2.10. The molecule has 0 fully saturated rings. The van der Waals surface area contributed by atoms with E-state index in [1.807, 2.05) is 25.1 Å². The molecule has 0 aliphatic heterocycles. The number of nitrogens with two attached hydrogens (primary N) is 2. The van der Waals surface area contributed by atoms with Crippen molar-refractivity contribution in [2.24, 2.45) is 11.7 Å². The van der Waals surface area contributed by atoms with E-state index in [-0.39, 0.29) is 12.0 Å². The molecule has 1 heterocycles. The minimum absolute atomic E-state index is 0.0345. The fraction of sp³-hybridized carbons (Fsp3) is 0.105. The number of hydrogen-bond acceptors (Lipinski definition) is 3. The second-order valence-corrected chi connectivity index (χ2v) is 5.07. The highest BCUT2D eigenvalue weighted by atomic mass is 19.1. The van der Waals surface area contributed by atoms with Gasteiger partial charge in [0.05, 0.1) is 0 Å². The fourth-order valence-corrected chi connectivity index (χ4v) is 2.05. The average molecular weight is 329 g/mol. The first kappa shape index (κ1) is 19.4. The van der Waals surface area contributed by atoms with Crippen LogP contribution in [0.25, 0.3) is 5.57 Å². The number of rotatable bonds is 5. The number of aromatic nitrogens is 1. The number of allylic oxidation sites excluding steroid dienone is 4. The van der Waals surface area contributed by atoms with Crippen LogP contribution in [0.3, 0.4) is 0 Å². The zero-order valence-corrected chi connectivity index (χ0v) is 13.6. The molecule has 1 aromatic carbocycles. The molecule has 2 aromatic rings. The third kappa shape index (κ3) is 5.22. The number of nitrogens with zero attached hydrogens (tertiary/aromatic N) is 1. The van der Waals surface area contributed by atoms with Gasteiger partial charge in [-0.15, -0.1) is 0 Å². The van der Waals surface area contributed by atoms with E-state index in [4.69, 9.17) is 0 Å². The Bertz CT molecular complexity index is 717. The third-order valence-electron chi connectivity index (χ3n) is 3.43. The highest BCUT2D eigenvalue weighted by Crippen LogP contribution is 2.22. The van der Waals surface area contributed by atoms with Crippen molar-refractivity contribution in [2.75, 3.05) is 0 Å². The lowest BCUT2D eigenvalue weighted by molar-refractivity contribution is 0.561. The molecule has 0 saturated heterocycles. The van der Waals surface area contributed by atoms with Gasteiger partial charge in [-0.05, 0) is 47.4 Å². The van der Waals surface area contributed by atoms with E-state index < -0.39 is 11.6 Å². The van der Waals surface area contributed by atoms with Crippen LogP contribution in [0.2, 0.25) is 0 Å². The lowest BCUT2D eigenvalue weighted by Gasteiger charge is -2.09. The first-order valence-corrected chi connectivity index (χ1v) is 7.21. The SMILES string of the molecule is C=C(Cc1c(F)cccc1F)/C(C)=C/C(=C)c1cccnc1.NN. The zero-order valence-electron chi connectivity index (χ0n) is 13.6. The maximum atomic E-state index is 13.7. The lowest BCUT2D eigenvalue weighted by atomic mass is 9.97. The van der Waals surface area contributed by atoms with Gasteiger partial charge in [-0.25, -0.2) is 8.78 Å². The molecule has 0 radical (unpaired) electrons. The summed E-state index contributed by atoms with van der Waals surface area (Å²) in [7, 11) is 0. The van der Waals surface area contributed by atoms with Crippen LogP contribution in [0.15, 0.2) is 73.1 Å². The molecule has 1 aromatic heterocycles. The zero-order chi connectivity index (χ0) is 18.1. The second kappa shape index (κ2) is 9.50. The van der Waals surface area contributed by atoms with Crippen LogP contribution in [0.4, 0.5) is 8.78 Å². The summed E-state index contributed by atoms with van der Waals surface area (Å²) in [6.07, 6.45) is 5.37. The maximum absolute atomic E-state index is 13.7. The Kier molecular flexibility index (Phi) is 7.68. The van der Waals surface area contributed by atoms with Gasteiger partial charge in [0.2, 0.25) is 0 Å². The van der Waals surface area contributed by atoms with Crippen LogP contribution in [0.1, 0.15) is 18.1 Å². The van der Waals surface area contributed by atoms with Crippen LogP contribution in [-0.2, 0) is 6.42 Å². The van der Waals surface area contributed by atoms with Gasteiger partial charge < -0.3 is 0 Å². The normalized spacial score (nSPS) is 10.6. The van der Waals surface area contributed by atoms with Crippen molar-refractivity contribution in [2.45, 2.75) is 13.3 Å². The van der Waals surface area contributed by atoms with Gasteiger partial charge >= 0.3 is 0 Å². The quantitative estimate of drug-likeness (QED) is 0.496. The molecule has 4 N–H and O–H groups in total. The maximum Gasteiger partial charge on any atom is 0.129 e. The van der Waals surface area contributed by atoms with Crippen molar-refractivity contribution in [1.82, 2.24) is 4.98 Å². The number of halogens is 2. The smallest absolute Gasteiger partial charge is 0.129 e. The van der Waals surface area contributed by atoms with Crippen LogP contribution < -0.4 is 11.7 Å². The van der Waals surface area contributed by atoms with E-state index >= 15 is 0 Å². The molecule has 0 amide bonds. The summed E-state index contributed by atoms with van der Waals surface area (Å²) < 4.78 is 27.4. The lowest BCUT2D eigenvalue weighted by Crippen LogP contribution is -2.02. The van der Waals surface area contributed by atoms with Crippen molar-refractivity contribution >= 4 is 5.57 Å². The number of benzene rings is 1. The van der Waals surface area contributed by atoms with E-state index in [9.17, 15) is 8.78 Å². The van der Waals surface area contributed by atoms with Crippen molar-refractivity contribution in [3.05, 3.63) is 95.9 Å². The summed E-state index contributed by atoms with van der Waals surface area (Å²) >= 11 is 0. The Hall–Kier alpha value is -2.63. The van der Waals surface area contributed by atoms with E-state index in [0.717, 1.165) is 16.7 Å². The second-order valence-electron chi connectivity index (χ2n) is 5.07. The number of hydrazine groups is 1. The van der Waals surface area contributed by atoms with E-state index in [0.29, 0.717) is 5.57 Å². The van der Waals surface area contributed by atoms with Crippen molar-refractivity contribution in [3.63, 3.8) is 0 Å². The predicted molar refractivity (Wildman–Crippen MR) is 94.6 cm³/mol. The third-order valence-corrected chi connectivity index (χ3v) is 3.43. The number of pyridine rings is 1. The molecule has 0 spiro atoms. The Morgan fingerprint density at radius 3 is 2.29 bits per heavy atom. The largest absolute Gasteiger partial charge is 0.274 e. The molecule has 0 bridgehead atoms. The van der Waals surface area contributed by atoms with Crippen LogP contribution >= 0.6 is 0 Å². The summed E-state index contributed by atoms with van der Waals surface area (Å²) in [4.78, 5) is 4.04. The first-order valence-electron chi connectivity index (χ1n) is 7.21. The van der Waals surface area contributed by atoms with Crippen LogP contribution in [0.5, 0.6) is 0 Å². The van der Waals surface area contributed by atoms with Gasteiger partial charge in [0, 0.05) is 24.4 Å². The number of hydrogen-bond donors (Lipinski definition) is 2. The van der Waals surface area contributed by atoms with E-state index in [2.05, 4.69) is 29.8 Å². The average Bonchev–Trinajstić information content (AvgIpc) is 2.60. The molecule has 0 aliphatic rings. The Labute approximate surface area is 141 Å². The van der Waals surface area contributed by atoms with Gasteiger partial charge in [0.25, 0.3) is 0 Å². The van der Waals surface area contributed by atoms with Gasteiger partial charge in [0.15, 0.2) is 0 Å². The predicted octanol–water partition coefficient (Wildman–Crippen LogP) is 3.94. The fourth-order valence-electron chi connectivity index (χ4n) is 2.05. The molecule has 24 heavy (non-hydrogen) atoms. The molecule has 0 aliphatic carbocycles. The standard InChI is InChI=1S/C19H17F2N.H4N2/c1-13(10-15(3)16-6-5-9-22-12-16)14(2)11-17-18(20)7-4-8-19(17)21;1-2/h4-10,12H,2-3,11H2,1H3;1-2H2/b13-10+;. The molecule has 0 saturated carbocycles. The Morgan fingerprint density at radius 2 is 1.75 bits per heavy atom. The molecule has 2 rings (SSSR count). The molecule has 126 valence electrons. The first-order chi connectivity index (χ1) is 11.5. The van der Waals surface area contributed by atoms with Gasteiger partial charge in [-0.3, -0.25) is 16.7 Å². The van der Waals surface area contributed by atoms with Gasteiger partial charge in [0.1, 0.15) is 11.6 Å². The molecular weight excluding hydrogens is 308 g/mol. The van der Waals surface area contributed by atoms with Crippen LogP contribution in [0, 0.1) is 11.6 Å². The summed E-state index contributed by atoms with van der Waals surface area (Å²) in [6, 6.07) is 7.58. The Balaban J connectivity index is 0.00000139. The van der Waals surface area contributed by atoms with E-state index in [1.54, 1.807) is 12.4 Å². The molecule has 0 atom stereocenters. The molecule has 5 heteroatoms. The van der Waals surface area contributed by atoms with Crippen molar-refractivity contribution < 1.29 is 8.78 Å². The van der Waals surface area contributed by atoms with Crippen molar-refractivity contribution in [3.8, 4) is 0 Å². The Morgan fingerprint density at radius 1 is 1.12 bits per heavy atom. The summed E-state index contributed by atoms with van der Waals surface area (Å²) in [5.74, 6) is 6.89. The topological polar surface area (TPSA) is 64.9 Å². The summed E-state index contributed by atoms with van der Waals surface area (Å²) in [5, 5.41) is 0. The molecule has 0 unspecified atom stereocenters. The monoisotopic (exact) mass is 329 g/mol. The van der Waals surface area contributed by atoms with Crippen LogP contribution in [-0.4, -0.2) is 4.98 Å². The minimum atomic E-state index is -0.556.